The van der Waals surface area contributed by atoms with Crippen molar-refractivity contribution in [2.45, 2.75) is 38.9 Å². The average Bonchev–Trinajstić information content (AvgIpc) is 2.35. The molecule has 0 heterocycles. The van der Waals surface area contributed by atoms with Crippen molar-refractivity contribution in [3.63, 3.8) is 0 Å². The fourth-order valence-corrected chi connectivity index (χ4v) is 1.99. The molecule has 1 atom stereocenters. The van der Waals surface area contributed by atoms with Crippen LogP contribution in [0.3, 0.4) is 0 Å². The van der Waals surface area contributed by atoms with E-state index >= 15 is 0 Å². The maximum atomic E-state index is 12.2. The Balaban J connectivity index is 2.84. The molecule has 0 aliphatic carbocycles. The summed E-state index contributed by atoms with van der Waals surface area (Å²) in [6.07, 6.45) is 5.45. The molecular weight excluding hydrogens is 260 g/mol. The Morgan fingerprint density at radius 3 is 2.74 bits per heavy atom. The first-order valence-corrected chi connectivity index (χ1v) is 6.57. The summed E-state index contributed by atoms with van der Waals surface area (Å²) in [5.41, 5.74) is 6.76. The number of carbonyl (C=O) groups is 1. The molecule has 1 rings (SSSR count). The molecule has 3 nitrogen and oxygen atoms in total. The summed E-state index contributed by atoms with van der Waals surface area (Å²) in [4.78, 5) is 14.0. The highest BCUT2D eigenvalue weighted by atomic mass is 35.5. The molecule has 0 spiro atoms. The maximum absolute atomic E-state index is 12.2. The molecule has 0 aliphatic rings. The van der Waals surface area contributed by atoms with Crippen LogP contribution in [0.15, 0.2) is 24.3 Å². The van der Waals surface area contributed by atoms with Gasteiger partial charge in [0.05, 0.1) is 6.04 Å². The lowest BCUT2D eigenvalue weighted by Crippen LogP contribution is -2.46. The number of carbonyl (C=O) groups excluding carboxylic acids is 1. The zero-order valence-electron chi connectivity index (χ0n) is 11.3. The van der Waals surface area contributed by atoms with Gasteiger partial charge in [0.2, 0.25) is 5.91 Å². The van der Waals surface area contributed by atoms with Crippen LogP contribution in [-0.2, 0) is 11.3 Å². The number of hydrogen-bond donors (Lipinski definition) is 1. The molecule has 0 aromatic heterocycles. The normalized spacial score (nSPS) is 12.0. The van der Waals surface area contributed by atoms with Crippen LogP contribution in [0.5, 0.6) is 0 Å². The van der Waals surface area contributed by atoms with E-state index in [0.717, 1.165) is 5.56 Å². The minimum Gasteiger partial charge on any atom is -0.335 e. The molecular formula is C15H19ClN2O. The van der Waals surface area contributed by atoms with Gasteiger partial charge in [-0.25, -0.2) is 0 Å². The van der Waals surface area contributed by atoms with Gasteiger partial charge in [0.25, 0.3) is 0 Å². The van der Waals surface area contributed by atoms with Crippen LogP contribution in [0.4, 0.5) is 0 Å². The van der Waals surface area contributed by atoms with Crippen molar-refractivity contribution in [1.82, 2.24) is 4.90 Å². The Morgan fingerprint density at radius 1 is 1.53 bits per heavy atom. The largest absolute Gasteiger partial charge is 0.335 e. The third-order valence-corrected chi connectivity index (χ3v) is 3.04. The summed E-state index contributed by atoms with van der Waals surface area (Å²) in [5, 5.41) is 0.654. The van der Waals surface area contributed by atoms with Gasteiger partial charge in [-0.05, 0) is 31.5 Å². The highest BCUT2D eigenvalue weighted by Crippen LogP contribution is 2.15. The number of halogens is 1. The van der Waals surface area contributed by atoms with Crippen LogP contribution in [0.1, 0.15) is 25.8 Å². The zero-order valence-corrected chi connectivity index (χ0v) is 12.0. The first-order chi connectivity index (χ1) is 8.95. The highest BCUT2D eigenvalue weighted by molar-refractivity contribution is 6.30. The molecule has 0 aliphatic heterocycles. The van der Waals surface area contributed by atoms with E-state index in [4.69, 9.17) is 23.8 Å². The van der Waals surface area contributed by atoms with E-state index in [-0.39, 0.29) is 18.4 Å². The summed E-state index contributed by atoms with van der Waals surface area (Å²) in [5.74, 6) is 2.29. The Morgan fingerprint density at radius 2 is 2.21 bits per heavy atom. The molecule has 1 aromatic rings. The van der Waals surface area contributed by atoms with Crippen molar-refractivity contribution >= 4 is 17.5 Å². The number of benzene rings is 1. The van der Waals surface area contributed by atoms with E-state index in [1.54, 1.807) is 11.0 Å². The Bertz CT molecular complexity index is 479. The van der Waals surface area contributed by atoms with Crippen molar-refractivity contribution < 1.29 is 4.79 Å². The van der Waals surface area contributed by atoms with Gasteiger partial charge >= 0.3 is 0 Å². The van der Waals surface area contributed by atoms with E-state index in [2.05, 4.69) is 5.92 Å². The molecule has 2 N–H and O–H groups in total. The Kier molecular flexibility index (Phi) is 5.88. The summed E-state index contributed by atoms with van der Waals surface area (Å²) in [7, 11) is 0. The monoisotopic (exact) mass is 278 g/mol. The van der Waals surface area contributed by atoms with E-state index < -0.39 is 6.04 Å². The van der Waals surface area contributed by atoms with Crippen LogP contribution >= 0.6 is 11.6 Å². The van der Waals surface area contributed by atoms with Crippen LogP contribution in [0.25, 0.3) is 0 Å². The molecule has 1 aromatic carbocycles. The molecule has 0 fully saturated rings. The number of terminal acetylenes is 1. The number of hydrogen-bond acceptors (Lipinski definition) is 2. The van der Waals surface area contributed by atoms with Crippen LogP contribution < -0.4 is 5.73 Å². The molecule has 4 heteroatoms. The number of rotatable bonds is 5. The zero-order chi connectivity index (χ0) is 14.4. The summed E-state index contributed by atoms with van der Waals surface area (Å²) < 4.78 is 0. The topological polar surface area (TPSA) is 46.3 Å². The molecule has 0 bridgehead atoms. The highest BCUT2D eigenvalue weighted by Gasteiger charge is 2.22. The number of amides is 1. The molecule has 102 valence electrons. The molecule has 1 amide bonds. The van der Waals surface area contributed by atoms with Crippen molar-refractivity contribution in [3.05, 3.63) is 34.9 Å². The van der Waals surface area contributed by atoms with Gasteiger partial charge in [-0.2, -0.15) is 0 Å². The Labute approximate surface area is 119 Å². The van der Waals surface area contributed by atoms with Crippen LogP contribution in [0, 0.1) is 12.3 Å². The second kappa shape index (κ2) is 7.18. The lowest BCUT2D eigenvalue weighted by Gasteiger charge is -2.29. The molecule has 0 radical (unpaired) electrons. The molecule has 19 heavy (non-hydrogen) atoms. The second-order valence-electron chi connectivity index (χ2n) is 4.70. The van der Waals surface area contributed by atoms with E-state index in [1.165, 1.54) is 0 Å². The van der Waals surface area contributed by atoms with Crippen molar-refractivity contribution in [1.29, 1.82) is 0 Å². The van der Waals surface area contributed by atoms with Gasteiger partial charge in [0.15, 0.2) is 0 Å². The number of nitrogens with zero attached hydrogens (tertiary/aromatic N) is 1. The third-order valence-electron chi connectivity index (χ3n) is 2.80. The quantitative estimate of drug-likeness (QED) is 0.841. The fraction of sp³-hybridized carbons (Fsp3) is 0.400. The summed E-state index contributed by atoms with van der Waals surface area (Å²) in [6.45, 7) is 4.38. The lowest BCUT2D eigenvalue weighted by molar-refractivity contribution is -0.134. The third kappa shape index (κ3) is 4.59. The fourth-order valence-electron chi connectivity index (χ4n) is 1.77. The van der Waals surface area contributed by atoms with Gasteiger partial charge in [-0.15, -0.1) is 12.3 Å². The van der Waals surface area contributed by atoms with Crippen molar-refractivity contribution in [2.24, 2.45) is 5.73 Å². The van der Waals surface area contributed by atoms with Gasteiger partial charge < -0.3 is 10.6 Å². The Hall–Kier alpha value is -1.50. The van der Waals surface area contributed by atoms with Crippen LogP contribution in [-0.4, -0.2) is 22.9 Å². The predicted octanol–water partition coefficient (Wildman–Crippen LogP) is 2.43. The summed E-state index contributed by atoms with van der Waals surface area (Å²) >= 11 is 5.95. The standard InChI is InChI=1S/C15H19ClN2O/c1-4-6-14(17)15(19)18(11(2)3)10-12-7-5-8-13(16)9-12/h1,5,7-9,11,14H,6,10,17H2,2-3H3. The van der Waals surface area contributed by atoms with E-state index in [9.17, 15) is 4.79 Å². The first kappa shape index (κ1) is 15.6. The lowest BCUT2D eigenvalue weighted by atomic mass is 10.1. The van der Waals surface area contributed by atoms with Gasteiger partial charge in [0.1, 0.15) is 0 Å². The molecule has 0 saturated heterocycles. The SMILES string of the molecule is C#CCC(N)C(=O)N(Cc1cccc(Cl)c1)C(C)C. The summed E-state index contributed by atoms with van der Waals surface area (Å²) in [6, 6.07) is 6.85. The van der Waals surface area contributed by atoms with Gasteiger partial charge in [0, 0.05) is 24.0 Å². The second-order valence-corrected chi connectivity index (χ2v) is 5.14. The predicted molar refractivity (Wildman–Crippen MR) is 78.6 cm³/mol. The minimum atomic E-state index is -0.647. The number of nitrogens with two attached hydrogens (primary N) is 1. The van der Waals surface area contributed by atoms with E-state index in [1.807, 2.05) is 32.0 Å². The van der Waals surface area contributed by atoms with Crippen molar-refractivity contribution in [2.75, 3.05) is 0 Å². The van der Waals surface area contributed by atoms with Crippen molar-refractivity contribution in [3.8, 4) is 12.3 Å². The average molecular weight is 279 g/mol. The molecule has 1 unspecified atom stereocenters. The minimum absolute atomic E-state index is 0.0512. The van der Waals surface area contributed by atoms with Gasteiger partial charge in [-0.1, -0.05) is 23.7 Å². The molecule has 0 saturated carbocycles. The smallest absolute Gasteiger partial charge is 0.241 e. The van der Waals surface area contributed by atoms with E-state index in [0.29, 0.717) is 11.6 Å². The van der Waals surface area contributed by atoms with Gasteiger partial charge in [-0.3, -0.25) is 4.79 Å². The first-order valence-electron chi connectivity index (χ1n) is 6.19. The van der Waals surface area contributed by atoms with Crippen LogP contribution in [0.2, 0.25) is 5.02 Å². The maximum Gasteiger partial charge on any atom is 0.241 e.